The summed E-state index contributed by atoms with van der Waals surface area (Å²) in [5.74, 6) is -0.0492. The predicted octanol–water partition coefficient (Wildman–Crippen LogP) is 2.25. The Morgan fingerprint density at radius 3 is 2.42 bits per heavy atom. The first-order chi connectivity index (χ1) is 15.0. The average molecular weight is 447 g/mol. The minimum absolute atomic E-state index is 0.238. The van der Waals surface area contributed by atoms with Gasteiger partial charge in [-0.3, -0.25) is 0 Å². The van der Waals surface area contributed by atoms with Crippen molar-refractivity contribution in [2.45, 2.75) is 25.8 Å². The number of piperidine rings is 1. The van der Waals surface area contributed by atoms with Crippen LogP contribution in [0.5, 0.6) is 0 Å². The molecule has 0 aromatic heterocycles. The first-order valence-electron chi connectivity index (χ1n) is 10.5. The molecule has 0 atom stereocenters. The molecule has 0 amide bonds. The monoisotopic (exact) mass is 446 g/mol. The third-order valence-corrected chi connectivity index (χ3v) is 6.62. The Morgan fingerprint density at radius 1 is 1.13 bits per heavy atom. The van der Waals surface area contributed by atoms with Crippen molar-refractivity contribution >= 4 is 22.5 Å². The molecule has 0 radical (unpaired) electrons. The highest BCUT2D eigenvalue weighted by atomic mass is 32.2. The first kappa shape index (κ1) is 23.2. The van der Waals surface area contributed by atoms with Gasteiger partial charge in [0.15, 0.2) is 0 Å². The molecule has 3 rings (SSSR count). The molecule has 1 saturated heterocycles. The second-order valence-corrected chi connectivity index (χ2v) is 8.85. The molecule has 1 aliphatic rings. The number of rotatable bonds is 9. The fourth-order valence-corrected chi connectivity index (χ4v) is 4.47. The second kappa shape index (κ2) is 11.3. The number of aliphatic hydroxyl groups excluding tert-OH is 1. The normalized spacial score (nSPS) is 14.9. The van der Waals surface area contributed by atoms with Gasteiger partial charge in [0.1, 0.15) is 0 Å². The number of ether oxygens (including phenoxy) is 1. The molecule has 8 heteroatoms. The molecule has 2 aromatic rings. The Hall–Kier alpha value is -2.42. The number of methoxy groups -OCH3 is 1. The van der Waals surface area contributed by atoms with Gasteiger partial charge in [0.25, 0.3) is 0 Å². The molecule has 2 aromatic carbocycles. The van der Waals surface area contributed by atoms with E-state index in [4.69, 9.17) is 4.74 Å². The molecule has 31 heavy (non-hydrogen) atoms. The van der Waals surface area contributed by atoms with Gasteiger partial charge in [0.2, 0.25) is 10.9 Å². The zero-order chi connectivity index (χ0) is 22.2. The maximum Gasteiger partial charge on any atom is 0.337 e. The third-order valence-electron chi connectivity index (χ3n) is 5.82. The summed E-state index contributed by atoms with van der Waals surface area (Å²) < 4.78 is 29.8. The van der Waals surface area contributed by atoms with E-state index in [2.05, 4.69) is 17.0 Å². The smallest absolute Gasteiger partial charge is 0.337 e. The van der Waals surface area contributed by atoms with E-state index < -0.39 is 16.9 Å². The molecule has 1 fully saturated rings. The van der Waals surface area contributed by atoms with Crippen molar-refractivity contribution in [1.82, 2.24) is 4.31 Å². The molecule has 7 nitrogen and oxygen atoms in total. The van der Waals surface area contributed by atoms with Gasteiger partial charge in [0.05, 0.1) is 12.7 Å². The van der Waals surface area contributed by atoms with Crippen molar-refractivity contribution in [3.05, 3.63) is 65.2 Å². The summed E-state index contributed by atoms with van der Waals surface area (Å²) >= 11 is 0. The quantitative estimate of drug-likeness (QED) is 0.454. The lowest BCUT2D eigenvalue weighted by molar-refractivity contribution is 0.0600. The number of thiol groups is 1. The lowest BCUT2D eigenvalue weighted by atomic mass is 9.96. The van der Waals surface area contributed by atoms with Gasteiger partial charge in [-0.05, 0) is 54.5 Å². The number of carbonyl (C=O) groups is 1. The predicted molar refractivity (Wildman–Crippen MR) is 121 cm³/mol. The van der Waals surface area contributed by atoms with Crippen LogP contribution < -0.4 is 4.90 Å². The molecular formula is C23H30N2O5S. The number of aliphatic hydroxyl groups is 1. The number of anilines is 1. The third kappa shape index (κ3) is 6.29. The Labute approximate surface area is 185 Å². The van der Waals surface area contributed by atoms with Crippen LogP contribution in [0.2, 0.25) is 0 Å². The average Bonchev–Trinajstić information content (AvgIpc) is 2.81. The number of para-hydroxylation sites is 1. The topological polar surface area (TPSA) is 87.2 Å². The summed E-state index contributed by atoms with van der Waals surface area (Å²) in [5, 5.41) is 9.37. The van der Waals surface area contributed by atoms with E-state index >= 15 is 0 Å². The maximum atomic E-state index is 11.9. The maximum absolute atomic E-state index is 11.9. The summed E-state index contributed by atoms with van der Waals surface area (Å²) in [6.07, 6.45) is 2.54. The van der Waals surface area contributed by atoms with Gasteiger partial charge in [-0.25, -0.2) is 13.2 Å². The molecule has 0 bridgehead atoms. The highest BCUT2D eigenvalue weighted by Gasteiger charge is 2.20. The van der Waals surface area contributed by atoms with Crippen LogP contribution in [0.3, 0.4) is 0 Å². The van der Waals surface area contributed by atoms with E-state index in [1.54, 1.807) is 24.3 Å². The zero-order valence-electron chi connectivity index (χ0n) is 17.8. The van der Waals surface area contributed by atoms with Crippen LogP contribution in [0.15, 0.2) is 48.5 Å². The number of nitrogens with zero attached hydrogens (tertiary/aromatic N) is 2. The number of carbonyl (C=O) groups excluding carboxylic acids is 1. The van der Waals surface area contributed by atoms with Crippen LogP contribution in [0.1, 0.15) is 34.3 Å². The lowest BCUT2D eigenvalue weighted by Crippen LogP contribution is -2.35. The van der Waals surface area contributed by atoms with Crippen molar-refractivity contribution in [1.29, 1.82) is 0 Å². The van der Waals surface area contributed by atoms with Gasteiger partial charge in [-0.1, -0.05) is 30.3 Å². The van der Waals surface area contributed by atoms with Crippen molar-refractivity contribution in [3.63, 3.8) is 0 Å². The van der Waals surface area contributed by atoms with Gasteiger partial charge in [0, 0.05) is 38.5 Å². The fraction of sp³-hybridized carbons (Fsp3) is 0.435. The van der Waals surface area contributed by atoms with Gasteiger partial charge in [-0.2, -0.15) is 4.31 Å². The van der Waals surface area contributed by atoms with Crippen LogP contribution >= 0.6 is 0 Å². The largest absolute Gasteiger partial charge is 0.465 e. The summed E-state index contributed by atoms with van der Waals surface area (Å²) in [6.45, 7) is 2.66. The van der Waals surface area contributed by atoms with Crippen molar-refractivity contribution in [2.24, 2.45) is 5.92 Å². The van der Waals surface area contributed by atoms with Crippen LogP contribution in [0, 0.1) is 5.92 Å². The standard InChI is InChI=1S/C23H30N2O5S/c1-30-23(27)21-8-6-18(7-9-21)16-25(31(28)29)15-12-20-4-2-3-5-22(20)24-13-10-19(17-26)11-14-24/h2-9,19,26,31H,10-17H2,1H3. The van der Waals surface area contributed by atoms with E-state index in [0.29, 0.717) is 24.4 Å². The lowest BCUT2D eigenvalue weighted by Gasteiger charge is -2.34. The van der Waals surface area contributed by atoms with Crippen LogP contribution in [0.4, 0.5) is 5.69 Å². The molecule has 0 saturated carbocycles. The van der Waals surface area contributed by atoms with Gasteiger partial charge < -0.3 is 14.7 Å². The molecule has 0 aliphatic carbocycles. The highest BCUT2D eigenvalue weighted by molar-refractivity contribution is 7.69. The molecule has 1 heterocycles. The Balaban J connectivity index is 1.65. The van der Waals surface area contributed by atoms with Crippen molar-refractivity contribution < 1.29 is 23.1 Å². The summed E-state index contributed by atoms with van der Waals surface area (Å²) in [6, 6.07) is 14.9. The minimum Gasteiger partial charge on any atom is -0.465 e. The van der Waals surface area contributed by atoms with Gasteiger partial charge >= 0.3 is 5.97 Å². The molecule has 1 N–H and O–H groups in total. The van der Waals surface area contributed by atoms with Crippen molar-refractivity contribution in [2.75, 3.05) is 38.3 Å². The fourth-order valence-electron chi connectivity index (χ4n) is 3.93. The number of benzene rings is 2. The summed E-state index contributed by atoms with van der Waals surface area (Å²) in [7, 11) is -1.41. The summed E-state index contributed by atoms with van der Waals surface area (Å²) in [5.41, 5.74) is 3.50. The highest BCUT2D eigenvalue weighted by Crippen LogP contribution is 2.27. The first-order valence-corrected chi connectivity index (χ1v) is 11.6. The van der Waals surface area contributed by atoms with Crippen LogP contribution in [0.25, 0.3) is 0 Å². The Kier molecular flexibility index (Phi) is 8.45. The Bertz CT molecular complexity index is 929. The SMILES string of the molecule is COC(=O)c1ccc(CN(CCc2ccccc2N2CCC(CO)CC2)[SH](=O)=O)cc1. The minimum atomic E-state index is -2.74. The van der Waals surface area contributed by atoms with E-state index in [9.17, 15) is 18.3 Å². The molecule has 0 unspecified atom stereocenters. The zero-order valence-corrected chi connectivity index (χ0v) is 18.7. The van der Waals surface area contributed by atoms with E-state index in [-0.39, 0.29) is 13.2 Å². The van der Waals surface area contributed by atoms with E-state index in [1.807, 2.05) is 12.1 Å². The molecule has 0 spiro atoms. The number of hydrogen-bond donors (Lipinski definition) is 2. The number of hydrogen-bond acceptors (Lipinski definition) is 6. The molecular weight excluding hydrogens is 416 g/mol. The summed E-state index contributed by atoms with van der Waals surface area (Å²) in [4.78, 5) is 13.9. The number of esters is 1. The Morgan fingerprint density at radius 2 is 1.81 bits per heavy atom. The van der Waals surface area contributed by atoms with Crippen LogP contribution in [-0.2, 0) is 28.6 Å². The second-order valence-electron chi connectivity index (χ2n) is 7.81. The van der Waals surface area contributed by atoms with E-state index in [1.165, 1.54) is 11.4 Å². The molecule has 1 aliphatic heterocycles. The van der Waals surface area contributed by atoms with Crippen molar-refractivity contribution in [3.8, 4) is 0 Å². The van der Waals surface area contributed by atoms with E-state index in [0.717, 1.165) is 42.7 Å². The van der Waals surface area contributed by atoms with Gasteiger partial charge in [-0.15, -0.1) is 0 Å². The molecule has 168 valence electrons. The van der Waals surface area contributed by atoms with Crippen LogP contribution in [-0.4, -0.2) is 57.1 Å².